The second kappa shape index (κ2) is 13.2. The average molecular weight is 570 g/mol. The monoisotopic (exact) mass is 569 g/mol. The highest BCUT2D eigenvalue weighted by Gasteiger charge is 2.25. The summed E-state index contributed by atoms with van der Waals surface area (Å²) >= 11 is 0. The molecule has 2 fully saturated rings. The summed E-state index contributed by atoms with van der Waals surface area (Å²) in [6, 6.07) is 15.3. The van der Waals surface area contributed by atoms with E-state index in [4.69, 9.17) is 9.72 Å². The van der Waals surface area contributed by atoms with Crippen molar-refractivity contribution in [2.45, 2.75) is 39.3 Å². The predicted octanol–water partition coefficient (Wildman–Crippen LogP) is 4.06. The van der Waals surface area contributed by atoms with Crippen molar-refractivity contribution >= 4 is 23.2 Å². The van der Waals surface area contributed by atoms with Crippen molar-refractivity contribution in [2.75, 3.05) is 69.7 Å². The molecule has 42 heavy (non-hydrogen) atoms. The SMILES string of the molecule is CCc1ccc2cc1CN(C)CCNC(=O)C1CCN(CC1)Cc1cc(cc(N3CCOCC3)c1)Nc1nccc-2n1. The number of hydrogen-bond acceptors (Lipinski definition) is 8. The predicted molar refractivity (Wildman–Crippen MR) is 167 cm³/mol. The van der Waals surface area contributed by atoms with E-state index in [0.717, 1.165) is 95.2 Å². The normalized spacial score (nSPS) is 22.1. The van der Waals surface area contributed by atoms with E-state index < -0.39 is 0 Å². The molecule has 0 unspecified atom stereocenters. The molecule has 3 aromatic rings. The van der Waals surface area contributed by atoms with E-state index in [9.17, 15) is 4.79 Å². The molecule has 0 radical (unpaired) electrons. The molecular formula is C33H43N7O2. The van der Waals surface area contributed by atoms with Crippen LogP contribution in [0.25, 0.3) is 11.3 Å². The standard InChI is InChI=1S/C33H43N7O2/c1-3-25-4-5-27-20-28(25)23-38(2)13-10-34-32(41)26-7-11-39(12-8-26)22-24-18-29(36-33-35-9-6-31(27)37-33)21-30(19-24)40-14-16-42-17-15-40/h4-6,9,18-21,26H,3,7-8,10-17,22-23H2,1-2H3,(H,34,41)(H,35,36,37). The van der Waals surface area contributed by atoms with E-state index in [1.165, 1.54) is 22.4 Å². The van der Waals surface area contributed by atoms with Crippen LogP contribution in [0.15, 0.2) is 48.7 Å². The van der Waals surface area contributed by atoms with Crippen molar-refractivity contribution in [1.29, 1.82) is 0 Å². The summed E-state index contributed by atoms with van der Waals surface area (Å²) in [5.41, 5.74) is 8.00. The zero-order chi connectivity index (χ0) is 28.9. The molecule has 2 N–H and O–H groups in total. The Morgan fingerprint density at radius 1 is 0.976 bits per heavy atom. The molecule has 8 bridgehead atoms. The highest BCUT2D eigenvalue weighted by Crippen LogP contribution is 2.29. The maximum absolute atomic E-state index is 13.0. The number of nitrogens with one attached hydrogen (secondary N) is 2. The van der Waals surface area contributed by atoms with E-state index in [0.29, 0.717) is 12.5 Å². The third-order valence-corrected chi connectivity index (χ3v) is 8.75. The van der Waals surface area contributed by atoms with Gasteiger partial charge in [-0.25, -0.2) is 9.97 Å². The van der Waals surface area contributed by atoms with Crippen LogP contribution in [0.3, 0.4) is 0 Å². The smallest absolute Gasteiger partial charge is 0.227 e. The first-order chi connectivity index (χ1) is 20.5. The van der Waals surface area contributed by atoms with Crippen molar-refractivity contribution in [3.05, 3.63) is 65.4 Å². The van der Waals surface area contributed by atoms with Crippen molar-refractivity contribution < 1.29 is 9.53 Å². The molecule has 5 heterocycles. The van der Waals surface area contributed by atoms with Crippen LogP contribution < -0.4 is 15.5 Å². The Balaban J connectivity index is 1.34. The number of fused-ring (bicyclic) bond motifs is 7. The topological polar surface area (TPSA) is 85.9 Å². The van der Waals surface area contributed by atoms with Gasteiger partial charge in [0.25, 0.3) is 0 Å². The zero-order valence-corrected chi connectivity index (χ0v) is 24.9. The first-order valence-corrected chi connectivity index (χ1v) is 15.4. The number of morpholine rings is 1. The van der Waals surface area contributed by atoms with Crippen LogP contribution in [-0.2, 0) is 29.0 Å². The number of aryl methyl sites for hydroxylation is 1. The molecule has 0 aliphatic carbocycles. The van der Waals surface area contributed by atoms with E-state index >= 15 is 0 Å². The Bertz CT molecular complexity index is 1380. The van der Waals surface area contributed by atoms with Crippen molar-refractivity contribution in [3.8, 4) is 11.3 Å². The average Bonchev–Trinajstić information content (AvgIpc) is 3.01. The number of ether oxygens (including phenoxy) is 1. The maximum atomic E-state index is 13.0. The lowest BCUT2D eigenvalue weighted by Gasteiger charge is -2.32. The fraction of sp³-hybridized carbons (Fsp3) is 0.485. The Kier molecular flexibility index (Phi) is 8.98. The van der Waals surface area contributed by atoms with Crippen LogP contribution in [0.2, 0.25) is 0 Å². The van der Waals surface area contributed by atoms with Crippen molar-refractivity contribution in [2.24, 2.45) is 5.92 Å². The molecule has 9 heteroatoms. The summed E-state index contributed by atoms with van der Waals surface area (Å²) < 4.78 is 5.62. The molecule has 4 aliphatic heterocycles. The second-order valence-electron chi connectivity index (χ2n) is 11.8. The lowest BCUT2D eigenvalue weighted by atomic mass is 9.95. The number of piperidine rings is 1. The Hall–Kier alpha value is -3.53. The number of aromatic nitrogens is 2. The summed E-state index contributed by atoms with van der Waals surface area (Å²) in [6.45, 7) is 10.4. The van der Waals surface area contributed by atoms with Gasteiger partial charge in [0.1, 0.15) is 0 Å². The van der Waals surface area contributed by atoms with Crippen molar-refractivity contribution in [3.63, 3.8) is 0 Å². The number of amides is 1. The molecular weight excluding hydrogens is 526 g/mol. The molecule has 0 spiro atoms. The van der Waals surface area contributed by atoms with Gasteiger partial charge in [-0.1, -0.05) is 19.1 Å². The van der Waals surface area contributed by atoms with Gasteiger partial charge >= 0.3 is 0 Å². The third-order valence-electron chi connectivity index (χ3n) is 8.75. The number of nitrogens with zero attached hydrogens (tertiary/aromatic N) is 5. The van der Waals surface area contributed by atoms with Crippen LogP contribution in [0, 0.1) is 5.92 Å². The molecule has 9 nitrogen and oxygen atoms in total. The van der Waals surface area contributed by atoms with Gasteiger partial charge < -0.3 is 25.2 Å². The van der Waals surface area contributed by atoms with E-state index in [1.54, 1.807) is 0 Å². The van der Waals surface area contributed by atoms with E-state index in [2.05, 4.69) is 80.7 Å². The number of carbonyl (C=O) groups is 1. The minimum atomic E-state index is 0.0874. The van der Waals surface area contributed by atoms with Gasteiger partial charge in [-0.15, -0.1) is 0 Å². The molecule has 4 aliphatic rings. The number of likely N-dealkylation sites (N-methyl/N-ethyl adjacent to an activating group) is 1. The van der Waals surface area contributed by atoms with Gasteiger partial charge in [-0.05, 0) is 86.4 Å². The van der Waals surface area contributed by atoms with Gasteiger partial charge in [-0.2, -0.15) is 0 Å². The molecule has 0 atom stereocenters. The summed E-state index contributed by atoms with van der Waals surface area (Å²) in [5, 5.41) is 6.74. The lowest BCUT2D eigenvalue weighted by Crippen LogP contribution is -2.42. The minimum absolute atomic E-state index is 0.0874. The van der Waals surface area contributed by atoms with Crippen LogP contribution in [-0.4, -0.2) is 85.2 Å². The molecule has 0 saturated carbocycles. The fourth-order valence-corrected chi connectivity index (χ4v) is 6.32. The fourth-order valence-electron chi connectivity index (χ4n) is 6.32. The highest BCUT2D eigenvalue weighted by molar-refractivity contribution is 5.78. The van der Waals surface area contributed by atoms with Crippen LogP contribution in [0.4, 0.5) is 17.3 Å². The molecule has 222 valence electrons. The van der Waals surface area contributed by atoms with E-state index in [1.807, 2.05) is 12.3 Å². The number of anilines is 3. The summed E-state index contributed by atoms with van der Waals surface area (Å²) in [5.74, 6) is 0.875. The summed E-state index contributed by atoms with van der Waals surface area (Å²) in [7, 11) is 2.12. The van der Waals surface area contributed by atoms with Gasteiger partial charge in [0.15, 0.2) is 0 Å². The third kappa shape index (κ3) is 6.91. The molecule has 2 aromatic carbocycles. The Morgan fingerprint density at radius 3 is 2.62 bits per heavy atom. The van der Waals surface area contributed by atoms with Gasteiger partial charge in [0.05, 0.1) is 18.9 Å². The Labute approximate surface area is 249 Å². The number of benzene rings is 2. The summed E-state index contributed by atoms with van der Waals surface area (Å²) in [6.07, 6.45) is 4.59. The summed E-state index contributed by atoms with van der Waals surface area (Å²) in [4.78, 5) is 29.7. The van der Waals surface area contributed by atoms with Gasteiger partial charge in [0.2, 0.25) is 11.9 Å². The molecule has 1 aromatic heterocycles. The van der Waals surface area contributed by atoms with Crippen molar-refractivity contribution in [1.82, 2.24) is 25.1 Å². The first kappa shape index (κ1) is 28.6. The molecule has 2 saturated heterocycles. The molecule has 7 rings (SSSR count). The van der Waals surface area contributed by atoms with Gasteiger partial charge in [0, 0.05) is 68.3 Å². The van der Waals surface area contributed by atoms with E-state index in [-0.39, 0.29) is 11.8 Å². The van der Waals surface area contributed by atoms with Crippen LogP contribution in [0.5, 0.6) is 0 Å². The Morgan fingerprint density at radius 2 is 1.81 bits per heavy atom. The van der Waals surface area contributed by atoms with Crippen LogP contribution in [0.1, 0.15) is 36.5 Å². The van der Waals surface area contributed by atoms with Gasteiger partial charge in [-0.3, -0.25) is 9.69 Å². The highest BCUT2D eigenvalue weighted by atomic mass is 16.5. The number of rotatable bonds is 2. The minimum Gasteiger partial charge on any atom is -0.378 e. The largest absolute Gasteiger partial charge is 0.378 e. The quantitative estimate of drug-likeness (QED) is 0.478. The molecule has 1 amide bonds. The maximum Gasteiger partial charge on any atom is 0.227 e. The zero-order valence-electron chi connectivity index (χ0n) is 24.9. The number of carbonyl (C=O) groups excluding carboxylic acids is 1. The lowest BCUT2D eigenvalue weighted by molar-refractivity contribution is -0.126. The first-order valence-electron chi connectivity index (χ1n) is 15.4. The van der Waals surface area contributed by atoms with Crippen LogP contribution >= 0.6 is 0 Å². The number of hydrogen-bond donors (Lipinski definition) is 2. The second-order valence-corrected chi connectivity index (χ2v) is 11.8.